The zero-order chi connectivity index (χ0) is 13.1. The average molecular weight is 270 g/mol. The van der Waals surface area contributed by atoms with E-state index in [1.165, 1.54) is 4.90 Å². The minimum atomic E-state index is -0.855. The highest BCUT2D eigenvalue weighted by atomic mass is 35.5. The normalized spacial score (nSPS) is 14.7. The monoisotopic (exact) mass is 269 g/mol. The van der Waals surface area contributed by atoms with Gasteiger partial charge in [-0.15, -0.1) is 0 Å². The molecule has 1 fully saturated rings. The van der Waals surface area contributed by atoms with Gasteiger partial charge in [-0.25, -0.2) is 4.79 Å². The Balaban J connectivity index is 2.21. The van der Waals surface area contributed by atoms with Gasteiger partial charge in [-0.2, -0.15) is 0 Å². The van der Waals surface area contributed by atoms with Crippen LogP contribution in [0.4, 0.5) is 10.5 Å². The standard InChI is InChI=1S/C12H12ClNO4/c13-9-3-1-8(2-4-11(15)16)7-10(9)14-5-6-18-12(14)17/h1,3,7H,2,4-6H2,(H,15,16). The number of aliphatic carboxylic acids is 1. The van der Waals surface area contributed by atoms with Crippen molar-refractivity contribution in [1.29, 1.82) is 0 Å². The summed E-state index contributed by atoms with van der Waals surface area (Å²) >= 11 is 6.04. The summed E-state index contributed by atoms with van der Waals surface area (Å²) in [4.78, 5) is 23.4. The first kappa shape index (κ1) is 12.7. The highest BCUT2D eigenvalue weighted by molar-refractivity contribution is 6.33. The predicted octanol–water partition coefficient (Wildman–Crippen LogP) is 2.31. The number of carbonyl (C=O) groups excluding carboxylic acids is 1. The number of amides is 1. The third kappa shape index (κ3) is 2.73. The highest BCUT2D eigenvalue weighted by Gasteiger charge is 2.25. The van der Waals surface area contributed by atoms with E-state index in [0.29, 0.717) is 30.3 Å². The molecule has 0 bridgehead atoms. The maximum absolute atomic E-state index is 11.5. The number of carboxylic acids is 1. The van der Waals surface area contributed by atoms with E-state index in [9.17, 15) is 9.59 Å². The average Bonchev–Trinajstić information content (AvgIpc) is 2.74. The Bertz CT molecular complexity index is 489. The number of rotatable bonds is 4. The van der Waals surface area contributed by atoms with Crippen molar-refractivity contribution in [2.45, 2.75) is 12.8 Å². The number of anilines is 1. The van der Waals surface area contributed by atoms with Gasteiger partial charge in [-0.1, -0.05) is 17.7 Å². The van der Waals surface area contributed by atoms with E-state index in [1.54, 1.807) is 18.2 Å². The lowest BCUT2D eigenvalue weighted by atomic mass is 10.1. The quantitative estimate of drug-likeness (QED) is 0.911. The van der Waals surface area contributed by atoms with Crippen molar-refractivity contribution < 1.29 is 19.4 Å². The van der Waals surface area contributed by atoms with Crippen LogP contribution in [0.3, 0.4) is 0 Å². The molecule has 0 atom stereocenters. The van der Waals surface area contributed by atoms with Gasteiger partial charge < -0.3 is 9.84 Å². The lowest BCUT2D eigenvalue weighted by Gasteiger charge is -2.15. The second-order valence-electron chi connectivity index (χ2n) is 3.95. The summed E-state index contributed by atoms with van der Waals surface area (Å²) < 4.78 is 4.85. The minimum absolute atomic E-state index is 0.0471. The first-order chi connectivity index (χ1) is 8.58. The van der Waals surface area contributed by atoms with E-state index in [-0.39, 0.29) is 6.42 Å². The molecule has 1 aromatic rings. The summed E-state index contributed by atoms with van der Waals surface area (Å²) in [6.07, 6.45) is 0.0285. The summed E-state index contributed by atoms with van der Waals surface area (Å²) in [5.74, 6) is -0.855. The Morgan fingerprint density at radius 1 is 1.50 bits per heavy atom. The number of halogens is 1. The minimum Gasteiger partial charge on any atom is -0.481 e. The van der Waals surface area contributed by atoms with E-state index < -0.39 is 12.1 Å². The molecule has 1 aliphatic heterocycles. The van der Waals surface area contributed by atoms with Gasteiger partial charge in [0.2, 0.25) is 0 Å². The molecule has 1 aromatic carbocycles. The first-order valence-electron chi connectivity index (χ1n) is 5.52. The number of carbonyl (C=O) groups is 2. The Morgan fingerprint density at radius 3 is 2.89 bits per heavy atom. The van der Waals surface area contributed by atoms with Gasteiger partial charge >= 0.3 is 12.1 Å². The lowest BCUT2D eigenvalue weighted by Crippen LogP contribution is -2.23. The maximum Gasteiger partial charge on any atom is 0.414 e. The summed E-state index contributed by atoms with van der Waals surface area (Å²) in [5, 5.41) is 9.09. The molecule has 1 amide bonds. The predicted molar refractivity (Wildman–Crippen MR) is 66.1 cm³/mol. The van der Waals surface area contributed by atoms with E-state index in [0.717, 1.165) is 5.56 Å². The lowest BCUT2D eigenvalue weighted by molar-refractivity contribution is -0.136. The van der Waals surface area contributed by atoms with Crippen LogP contribution in [-0.4, -0.2) is 30.3 Å². The molecule has 6 heteroatoms. The van der Waals surface area contributed by atoms with Crippen molar-refractivity contribution in [3.05, 3.63) is 28.8 Å². The van der Waals surface area contributed by atoms with Crippen molar-refractivity contribution in [2.24, 2.45) is 0 Å². The zero-order valence-corrected chi connectivity index (χ0v) is 10.3. The van der Waals surface area contributed by atoms with Crippen molar-refractivity contribution in [2.75, 3.05) is 18.1 Å². The van der Waals surface area contributed by atoms with Gasteiger partial charge in [0.1, 0.15) is 6.61 Å². The number of hydrogen-bond donors (Lipinski definition) is 1. The van der Waals surface area contributed by atoms with Crippen LogP contribution in [0.2, 0.25) is 5.02 Å². The van der Waals surface area contributed by atoms with Crippen LogP contribution in [0.1, 0.15) is 12.0 Å². The van der Waals surface area contributed by atoms with Crippen molar-refractivity contribution >= 4 is 29.4 Å². The number of benzene rings is 1. The topological polar surface area (TPSA) is 66.8 Å². The molecule has 0 aliphatic carbocycles. The number of hydrogen-bond acceptors (Lipinski definition) is 3. The van der Waals surface area contributed by atoms with E-state index >= 15 is 0 Å². The third-order valence-electron chi connectivity index (χ3n) is 2.69. The van der Waals surface area contributed by atoms with E-state index in [4.69, 9.17) is 21.4 Å². The molecule has 2 rings (SSSR count). The van der Waals surface area contributed by atoms with Gasteiger partial charge in [-0.3, -0.25) is 9.69 Å². The molecule has 1 N–H and O–H groups in total. The van der Waals surface area contributed by atoms with Crippen LogP contribution < -0.4 is 4.90 Å². The molecule has 96 valence electrons. The van der Waals surface area contributed by atoms with Gasteiger partial charge in [0.15, 0.2) is 0 Å². The smallest absolute Gasteiger partial charge is 0.414 e. The number of aryl methyl sites for hydroxylation is 1. The fourth-order valence-corrected chi connectivity index (χ4v) is 2.00. The van der Waals surface area contributed by atoms with Crippen molar-refractivity contribution in [1.82, 2.24) is 0 Å². The van der Waals surface area contributed by atoms with E-state index in [2.05, 4.69) is 0 Å². The summed E-state index contributed by atoms with van der Waals surface area (Å²) in [5.41, 5.74) is 1.40. The Morgan fingerprint density at radius 2 is 2.28 bits per heavy atom. The van der Waals surface area contributed by atoms with Gasteiger partial charge in [-0.05, 0) is 24.1 Å². The molecule has 0 spiro atoms. The molecule has 0 unspecified atom stereocenters. The Kier molecular flexibility index (Phi) is 3.72. The molecule has 5 nitrogen and oxygen atoms in total. The molecular weight excluding hydrogens is 258 g/mol. The van der Waals surface area contributed by atoms with Crippen LogP contribution in [-0.2, 0) is 16.0 Å². The SMILES string of the molecule is O=C(O)CCc1ccc(Cl)c(N2CCOC2=O)c1. The molecule has 0 aromatic heterocycles. The van der Waals surface area contributed by atoms with Gasteiger partial charge in [0.05, 0.1) is 17.3 Å². The van der Waals surface area contributed by atoms with Crippen LogP contribution in [0.25, 0.3) is 0 Å². The van der Waals surface area contributed by atoms with Crippen LogP contribution >= 0.6 is 11.6 Å². The summed E-state index contributed by atoms with van der Waals surface area (Å²) in [7, 11) is 0. The molecule has 1 aliphatic rings. The fourth-order valence-electron chi connectivity index (χ4n) is 1.78. The van der Waals surface area contributed by atoms with E-state index in [1.807, 2.05) is 0 Å². The zero-order valence-electron chi connectivity index (χ0n) is 9.56. The second-order valence-corrected chi connectivity index (χ2v) is 4.35. The molecule has 1 saturated heterocycles. The number of ether oxygens (including phenoxy) is 1. The van der Waals surface area contributed by atoms with Crippen molar-refractivity contribution in [3.63, 3.8) is 0 Å². The highest BCUT2D eigenvalue weighted by Crippen LogP contribution is 2.29. The summed E-state index contributed by atoms with van der Waals surface area (Å²) in [6, 6.07) is 5.16. The number of cyclic esters (lactones) is 1. The van der Waals surface area contributed by atoms with Crippen LogP contribution in [0, 0.1) is 0 Å². The fraction of sp³-hybridized carbons (Fsp3) is 0.333. The Labute approximate surface area is 109 Å². The van der Waals surface area contributed by atoms with Crippen LogP contribution in [0.15, 0.2) is 18.2 Å². The molecule has 0 radical (unpaired) electrons. The molecule has 1 heterocycles. The summed E-state index contributed by atoms with van der Waals surface area (Å²) in [6.45, 7) is 0.801. The molecule has 18 heavy (non-hydrogen) atoms. The molecule has 0 saturated carbocycles. The largest absolute Gasteiger partial charge is 0.481 e. The third-order valence-corrected chi connectivity index (χ3v) is 3.01. The Hall–Kier alpha value is -1.75. The van der Waals surface area contributed by atoms with Gasteiger partial charge in [0.25, 0.3) is 0 Å². The number of nitrogens with zero attached hydrogens (tertiary/aromatic N) is 1. The maximum atomic E-state index is 11.5. The molecular formula is C12H12ClNO4. The van der Waals surface area contributed by atoms with Crippen molar-refractivity contribution in [3.8, 4) is 0 Å². The number of carboxylic acid groups (broad SMARTS) is 1. The van der Waals surface area contributed by atoms with Gasteiger partial charge in [0, 0.05) is 6.42 Å². The second kappa shape index (κ2) is 5.27. The van der Waals surface area contributed by atoms with Crippen LogP contribution in [0.5, 0.6) is 0 Å². The first-order valence-corrected chi connectivity index (χ1v) is 5.90.